The second-order valence-corrected chi connectivity index (χ2v) is 7.96. The summed E-state index contributed by atoms with van der Waals surface area (Å²) >= 11 is 5.80. The summed E-state index contributed by atoms with van der Waals surface area (Å²) in [5.74, 6) is -0.378. The number of aromatic nitrogens is 1. The summed E-state index contributed by atoms with van der Waals surface area (Å²) < 4.78 is 5.33. The quantitative estimate of drug-likeness (QED) is 0.504. The summed E-state index contributed by atoms with van der Waals surface area (Å²) in [5, 5.41) is 5.83. The number of hydrogen-bond acceptors (Lipinski definition) is 4. The van der Waals surface area contributed by atoms with E-state index in [4.69, 9.17) is 16.3 Å². The predicted molar refractivity (Wildman–Crippen MR) is 119 cm³/mol. The average Bonchev–Trinajstić information content (AvgIpc) is 2.69. The molecule has 0 saturated carbocycles. The maximum Gasteiger partial charge on any atom is 0.412 e. The van der Waals surface area contributed by atoms with Crippen molar-refractivity contribution in [3.63, 3.8) is 0 Å². The zero-order chi connectivity index (χ0) is 21.7. The first-order chi connectivity index (χ1) is 14.2. The van der Waals surface area contributed by atoms with Crippen LogP contribution in [0.4, 0.5) is 16.2 Å². The number of hydrogen-bond donors (Lipinski definition) is 2. The van der Waals surface area contributed by atoms with E-state index < -0.39 is 11.7 Å². The Morgan fingerprint density at radius 2 is 1.63 bits per heavy atom. The van der Waals surface area contributed by atoms with Crippen molar-refractivity contribution >= 4 is 35.0 Å². The molecular formula is C23H22ClN3O3. The molecule has 0 unspecified atom stereocenters. The Bertz CT molecular complexity index is 1050. The molecule has 6 nitrogen and oxygen atoms in total. The molecule has 0 saturated heterocycles. The minimum Gasteiger partial charge on any atom is -0.444 e. The molecule has 154 valence electrons. The Morgan fingerprint density at radius 3 is 2.27 bits per heavy atom. The zero-order valence-corrected chi connectivity index (χ0v) is 17.7. The second kappa shape index (κ2) is 8.97. The van der Waals surface area contributed by atoms with Gasteiger partial charge in [0.05, 0.1) is 16.9 Å². The van der Waals surface area contributed by atoms with Gasteiger partial charge in [-0.1, -0.05) is 48.0 Å². The number of nitrogens with zero attached hydrogens (tertiary/aromatic N) is 1. The van der Waals surface area contributed by atoms with E-state index >= 15 is 0 Å². The average molecular weight is 424 g/mol. The predicted octanol–water partition coefficient (Wildman–Crippen LogP) is 6.00. The van der Waals surface area contributed by atoms with Crippen molar-refractivity contribution in [2.45, 2.75) is 26.4 Å². The Labute approximate surface area is 180 Å². The number of amides is 2. The fraction of sp³-hybridized carbons (Fsp3) is 0.174. The molecule has 2 amide bonds. The van der Waals surface area contributed by atoms with E-state index in [9.17, 15) is 9.59 Å². The Kier molecular flexibility index (Phi) is 6.37. The third-order valence-electron chi connectivity index (χ3n) is 4.00. The first-order valence-electron chi connectivity index (χ1n) is 9.34. The van der Waals surface area contributed by atoms with Crippen LogP contribution >= 0.6 is 11.6 Å². The van der Waals surface area contributed by atoms with E-state index in [1.165, 1.54) is 12.3 Å². The molecule has 0 bridgehead atoms. The molecule has 3 aromatic rings. The van der Waals surface area contributed by atoms with Gasteiger partial charge >= 0.3 is 6.09 Å². The smallest absolute Gasteiger partial charge is 0.412 e. The van der Waals surface area contributed by atoms with Crippen LogP contribution in [0.3, 0.4) is 0 Å². The van der Waals surface area contributed by atoms with Crippen LogP contribution in [0.15, 0.2) is 66.9 Å². The Hall–Kier alpha value is -3.38. The van der Waals surface area contributed by atoms with E-state index in [0.29, 0.717) is 22.1 Å². The lowest BCUT2D eigenvalue weighted by Crippen LogP contribution is -2.27. The van der Waals surface area contributed by atoms with E-state index in [1.54, 1.807) is 39.0 Å². The molecule has 0 aliphatic heterocycles. The first kappa shape index (κ1) is 21.3. The van der Waals surface area contributed by atoms with Crippen LogP contribution in [-0.4, -0.2) is 22.6 Å². The molecule has 0 radical (unpaired) electrons. The van der Waals surface area contributed by atoms with Gasteiger partial charge in [0.25, 0.3) is 5.91 Å². The van der Waals surface area contributed by atoms with Gasteiger partial charge < -0.3 is 10.1 Å². The highest BCUT2D eigenvalue weighted by atomic mass is 35.5. The number of halogens is 1. The molecule has 2 aromatic carbocycles. The van der Waals surface area contributed by atoms with Gasteiger partial charge in [-0.05, 0) is 56.2 Å². The van der Waals surface area contributed by atoms with Crippen LogP contribution in [0.1, 0.15) is 31.1 Å². The van der Waals surface area contributed by atoms with E-state index in [0.717, 1.165) is 11.1 Å². The summed E-state index contributed by atoms with van der Waals surface area (Å²) in [6.07, 6.45) is 0.776. The van der Waals surface area contributed by atoms with Crippen LogP contribution in [0.25, 0.3) is 11.1 Å². The maximum absolute atomic E-state index is 12.7. The van der Waals surface area contributed by atoms with Crippen molar-refractivity contribution in [2.75, 3.05) is 10.6 Å². The molecule has 0 spiro atoms. The molecule has 1 heterocycles. The maximum atomic E-state index is 12.7. The summed E-state index contributed by atoms with van der Waals surface area (Å²) in [6.45, 7) is 5.34. The second-order valence-electron chi connectivity index (χ2n) is 7.58. The van der Waals surface area contributed by atoms with Crippen molar-refractivity contribution < 1.29 is 14.3 Å². The number of anilines is 2. The third kappa shape index (κ3) is 5.81. The monoisotopic (exact) mass is 423 g/mol. The standard InChI is InChI=1S/C23H22ClN3O3/c1-23(2,3)30-22(29)27-18-11-9-16(15-7-5-4-6-8-15)13-19(18)26-21(28)17-10-12-20(24)25-14-17/h4-14H,1-3H3,(H,26,28)(H,27,29). The minimum atomic E-state index is -0.646. The topological polar surface area (TPSA) is 80.3 Å². The van der Waals surface area contributed by atoms with Gasteiger partial charge in [0.2, 0.25) is 0 Å². The molecule has 7 heteroatoms. The molecule has 0 atom stereocenters. The van der Waals surface area contributed by atoms with Gasteiger partial charge in [-0.3, -0.25) is 10.1 Å². The van der Waals surface area contributed by atoms with Crippen molar-refractivity contribution in [2.24, 2.45) is 0 Å². The molecule has 3 rings (SSSR count). The third-order valence-corrected chi connectivity index (χ3v) is 4.22. The number of benzene rings is 2. The lowest BCUT2D eigenvalue weighted by Gasteiger charge is -2.21. The van der Waals surface area contributed by atoms with Crippen molar-refractivity contribution in [1.82, 2.24) is 4.98 Å². The lowest BCUT2D eigenvalue weighted by molar-refractivity contribution is 0.0635. The van der Waals surface area contributed by atoms with Crippen molar-refractivity contribution in [1.29, 1.82) is 0 Å². The molecule has 0 aliphatic carbocycles. The number of pyridine rings is 1. The normalized spacial score (nSPS) is 10.9. The molecule has 30 heavy (non-hydrogen) atoms. The van der Waals surface area contributed by atoms with Crippen LogP contribution < -0.4 is 10.6 Å². The van der Waals surface area contributed by atoms with Crippen molar-refractivity contribution in [3.05, 3.63) is 77.6 Å². The summed E-state index contributed by atoms with van der Waals surface area (Å²) in [4.78, 5) is 28.9. The Balaban J connectivity index is 1.92. The molecular weight excluding hydrogens is 402 g/mol. The fourth-order valence-corrected chi connectivity index (χ4v) is 2.80. The highest BCUT2D eigenvalue weighted by Gasteiger charge is 2.18. The number of carbonyl (C=O) groups is 2. The minimum absolute atomic E-state index is 0.296. The molecule has 2 N–H and O–H groups in total. The van der Waals surface area contributed by atoms with Gasteiger partial charge in [0.15, 0.2) is 0 Å². The van der Waals surface area contributed by atoms with Gasteiger partial charge in [-0.2, -0.15) is 0 Å². The van der Waals surface area contributed by atoms with Crippen LogP contribution in [0.2, 0.25) is 5.15 Å². The molecule has 0 fully saturated rings. The molecule has 0 aliphatic rings. The number of ether oxygens (including phenoxy) is 1. The summed E-state index contributed by atoms with van der Waals surface area (Å²) in [5.41, 5.74) is 2.40. The fourth-order valence-electron chi connectivity index (χ4n) is 2.69. The molecule has 1 aromatic heterocycles. The van der Waals surface area contributed by atoms with E-state index in [-0.39, 0.29) is 5.91 Å². The zero-order valence-electron chi connectivity index (χ0n) is 16.9. The van der Waals surface area contributed by atoms with Gasteiger partial charge in [0.1, 0.15) is 10.8 Å². The van der Waals surface area contributed by atoms with Gasteiger partial charge in [-0.25, -0.2) is 9.78 Å². The SMILES string of the molecule is CC(C)(C)OC(=O)Nc1ccc(-c2ccccc2)cc1NC(=O)c1ccc(Cl)nc1. The lowest BCUT2D eigenvalue weighted by atomic mass is 10.0. The largest absolute Gasteiger partial charge is 0.444 e. The highest BCUT2D eigenvalue weighted by Crippen LogP contribution is 2.30. The van der Waals surface area contributed by atoms with Crippen LogP contribution in [0, 0.1) is 0 Å². The van der Waals surface area contributed by atoms with E-state index in [2.05, 4.69) is 15.6 Å². The Morgan fingerprint density at radius 1 is 0.900 bits per heavy atom. The van der Waals surface area contributed by atoms with E-state index in [1.807, 2.05) is 36.4 Å². The first-order valence-corrected chi connectivity index (χ1v) is 9.71. The number of carbonyl (C=O) groups excluding carboxylic acids is 2. The van der Waals surface area contributed by atoms with Crippen molar-refractivity contribution in [3.8, 4) is 11.1 Å². The highest BCUT2D eigenvalue weighted by molar-refractivity contribution is 6.29. The number of rotatable bonds is 4. The van der Waals surface area contributed by atoms with Crippen LogP contribution in [0.5, 0.6) is 0 Å². The summed E-state index contributed by atoms with van der Waals surface area (Å²) in [6, 6.07) is 18.2. The van der Waals surface area contributed by atoms with Gasteiger partial charge in [0, 0.05) is 6.20 Å². The number of nitrogens with one attached hydrogen (secondary N) is 2. The summed E-state index contributed by atoms with van der Waals surface area (Å²) in [7, 11) is 0. The van der Waals surface area contributed by atoms with Gasteiger partial charge in [-0.15, -0.1) is 0 Å². The van der Waals surface area contributed by atoms with Crippen LogP contribution in [-0.2, 0) is 4.74 Å².